The van der Waals surface area contributed by atoms with Crippen molar-refractivity contribution in [3.05, 3.63) is 51.5 Å². The standard InChI is InChI=1S/C23H24N2O7/c1-3-25-9(2)12-4-5-14(26)17-13(12)7-10-6-11-8-15(27)18(22(24)31)21(30)23(11,32)20(29)16(10)19(17)28/h4-5,10-11,26-27,29,32H,3,6-8H2,1-2H3,(H2,24,31)/b25-9+/t10-,11?,23+/m1/s1. The average Bonchev–Trinajstić information content (AvgIpc) is 2.70. The maximum absolute atomic E-state index is 13.4. The number of amides is 1. The Balaban J connectivity index is 1.91. The summed E-state index contributed by atoms with van der Waals surface area (Å²) in [4.78, 5) is 42.4. The summed E-state index contributed by atoms with van der Waals surface area (Å²) in [5.74, 6) is -6.35. The third kappa shape index (κ3) is 2.81. The lowest BCUT2D eigenvalue weighted by molar-refractivity contribution is -0.144. The zero-order valence-corrected chi connectivity index (χ0v) is 17.7. The van der Waals surface area contributed by atoms with Gasteiger partial charge in [-0.25, -0.2) is 0 Å². The number of hydrogen-bond acceptors (Lipinski definition) is 8. The number of carbonyl (C=O) groups is 3. The Bertz CT molecular complexity index is 1180. The summed E-state index contributed by atoms with van der Waals surface area (Å²) in [5, 5.41) is 42.8. The van der Waals surface area contributed by atoms with E-state index in [0.717, 1.165) is 0 Å². The Kier molecular flexibility index (Phi) is 4.97. The van der Waals surface area contributed by atoms with Crippen LogP contribution in [0.15, 0.2) is 39.8 Å². The van der Waals surface area contributed by atoms with E-state index >= 15 is 0 Å². The van der Waals surface area contributed by atoms with Crippen molar-refractivity contribution in [2.24, 2.45) is 22.6 Å². The first-order chi connectivity index (χ1) is 15.0. The number of aliphatic imine (C=N–C) groups is 1. The summed E-state index contributed by atoms with van der Waals surface area (Å²) < 4.78 is 0. The maximum atomic E-state index is 13.4. The summed E-state index contributed by atoms with van der Waals surface area (Å²) in [6, 6.07) is 3.05. The molecule has 0 radical (unpaired) electrons. The van der Waals surface area contributed by atoms with Crippen LogP contribution in [0.1, 0.15) is 48.2 Å². The molecule has 0 aliphatic heterocycles. The molecule has 32 heavy (non-hydrogen) atoms. The quantitative estimate of drug-likeness (QED) is 0.349. The highest BCUT2D eigenvalue weighted by atomic mass is 16.3. The topological polar surface area (TPSA) is 171 Å². The van der Waals surface area contributed by atoms with Crippen molar-refractivity contribution in [2.75, 3.05) is 6.54 Å². The second-order valence-electron chi connectivity index (χ2n) is 8.46. The number of benzene rings is 1. The van der Waals surface area contributed by atoms with Crippen molar-refractivity contribution in [1.82, 2.24) is 0 Å². The summed E-state index contributed by atoms with van der Waals surface area (Å²) in [5.41, 5.74) is 3.64. The van der Waals surface area contributed by atoms with Gasteiger partial charge in [0.25, 0.3) is 5.91 Å². The van der Waals surface area contributed by atoms with E-state index in [2.05, 4.69) is 4.99 Å². The van der Waals surface area contributed by atoms with Gasteiger partial charge in [-0.3, -0.25) is 19.4 Å². The summed E-state index contributed by atoms with van der Waals surface area (Å²) in [6.45, 7) is 4.22. The fourth-order valence-corrected chi connectivity index (χ4v) is 5.28. The Morgan fingerprint density at radius 3 is 2.53 bits per heavy atom. The van der Waals surface area contributed by atoms with Crippen molar-refractivity contribution in [3.63, 3.8) is 0 Å². The third-order valence-corrected chi connectivity index (χ3v) is 6.73. The van der Waals surface area contributed by atoms with E-state index in [1.54, 1.807) is 13.0 Å². The van der Waals surface area contributed by atoms with Gasteiger partial charge in [-0.15, -0.1) is 0 Å². The van der Waals surface area contributed by atoms with Crippen LogP contribution in [-0.2, 0) is 16.0 Å². The number of rotatable bonds is 3. The molecule has 0 heterocycles. The minimum Gasteiger partial charge on any atom is -0.511 e. The monoisotopic (exact) mass is 440 g/mol. The number of nitrogens with two attached hydrogens (primary N) is 1. The molecule has 0 spiro atoms. The largest absolute Gasteiger partial charge is 0.511 e. The zero-order chi connectivity index (χ0) is 23.5. The van der Waals surface area contributed by atoms with Gasteiger partial charge in [0.05, 0.1) is 5.56 Å². The van der Waals surface area contributed by atoms with Gasteiger partial charge in [0.2, 0.25) is 5.78 Å². The molecule has 3 atom stereocenters. The molecule has 1 unspecified atom stereocenters. The number of aliphatic hydroxyl groups is 3. The molecule has 168 valence electrons. The van der Waals surface area contributed by atoms with Gasteiger partial charge in [0.15, 0.2) is 11.4 Å². The minimum absolute atomic E-state index is 0.00947. The summed E-state index contributed by atoms with van der Waals surface area (Å²) in [6.07, 6.45) is 0.106. The minimum atomic E-state index is -2.55. The number of phenols is 1. The molecule has 0 saturated heterocycles. The molecule has 0 fully saturated rings. The van der Waals surface area contributed by atoms with Gasteiger partial charge in [0, 0.05) is 30.2 Å². The fourth-order valence-electron chi connectivity index (χ4n) is 5.28. The average molecular weight is 440 g/mol. The number of nitrogens with zero attached hydrogens (tertiary/aromatic N) is 1. The molecular formula is C23H24N2O7. The van der Waals surface area contributed by atoms with Gasteiger partial charge in [-0.05, 0) is 55.9 Å². The lowest BCUT2D eigenvalue weighted by Crippen LogP contribution is -2.57. The smallest absolute Gasteiger partial charge is 0.255 e. The molecule has 1 amide bonds. The molecule has 9 heteroatoms. The summed E-state index contributed by atoms with van der Waals surface area (Å²) >= 11 is 0. The van der Waals surface area contributed by atoms with E-state index in [0.29, 0.717) is 23.4 Å². The van der Waals surface area contributed by atoms with Gasteiger partial charge in [-0.1, -0.05) is 0 Å². The van der Waals surface area contributed by atoms with Gasteiger partial charge in [0.1, 0.15) is 22.8 Å². The highest BCUT2D eigenvalue weighted by Gasteiger charge is 2.59. The maximum Gasteiger partial charge on any atom is 0.255 e. The summed E-state index contributed by atoms with van der Waals surface area (Å²) in [7, 11) is 0. The number of ketones is 2. The molecule has 0 bridgehead atoms. The predicted octanol–water partition coefficient (Wildman–Crippen LogP) is 1.41. The second-order valence-corrected chi connectivity index (χ2v) is 8.46. The van der Waals surface area contributed by atoms with Crippen LogP contribution in [0.4, 0.5) is 0 Å². The first kappa shape index (κ1) is 21.8. The molecule has 4 rings (SSSR count). The van der Waals surface area contributed by atoms with E-state index in [4.69, 9.17) is 5.73 Å². The van der Waals surface area contributed by atoms with Crippen molar-refractivity contribution in [2.45, 2.75) is 38.7 Å². The molecule has 9 nitrogen and oxygen atoms in total. The first-order valence-electron chi connectivity index (χ1n) is 10.4. The number of allylic oxidation sites excluding steroid dienone is 2. The van der Waals surface area contributed by atoms with Gasteiger partial charge < -0.3 is 26.2 Å². The number of phenolic OH excluding ortho intramolecular Hbond substituents is 1. The van der Waals surface area contributed by atoms with Crippen molar-refractivity contribution >= 4 is 23.2 Å². The van der Waals surface area contributed by atoms with Crippen molar-refractivity contribution < 1.29 is 34.8 Å². The molecule has 6 N–H and O–H groups in total. The van der Waals surface area contributed by atoms with Crippen LogP contribution >= 0.6 is 0 Å². The lowest BCUT2D eigenvalue weighted by atomic mass is 9.60. The molecular weight excluding hydrogens is 416 g/mol. The van der Waals surface area contributed by atoms with Crippen LogP contribution in [0.3, 0.4) is 0 Å². The third-order valence-electron chi connectivity index (χ3n) is 6.73. The Morgan fingerprint density at radius 1 is 1.22 bits per heavy atom. The number of fused-ring (bicyclic) bond motifs is 3. The van der Waals surface area contributed by atoms with Gasteiger partial charge >= 0.3 is 0 Å². The van der Waals surface area contributed by atoms with E-state index in [9.17, 15) is 34.8 Å². The van der Waals surface area contributed by atoms with E-state index in [-0.39, 0.29) is 36.1 Å². The fraction of sp³-hybridized carbons (Fsp3) is 0.391. The Hall–Kier alpha value is -3.46. The van der Waals surface area contributed by atoms with E-state index in [1.165, 1.54) is 6.07 Å². The van der Waals surface area contributed by atoms with Crippen LogP contribution in [-0.4, -0.2) is 55.8 Å². The first-order valence-corrected chi connectivity index (χ1v) is 10.4. The van der Waals surface area contributed by atoms with Crippen LogP contribution in [0.2, 0.25) is 0 Å². The van der Waals surface area contributed by atoms with Crippen LogP contribution in [0, 0.1) is 11.8 Å². The lowest BCUT2D eigenvalue weighted by Gasteiger charge is -2.45. The second kappa shape index (κ2) is 7.30. The Labute approximate surface area is 183 Å². The number of primary amides is 1. The molecule has 3 aliphatic carbocycles. The predicted molar refractivity (Wildman–Crippen MR) is 114 cm³/mol. The highest BCUT2D eigenvalue weighted by Crippen LogP contribution is 2.51. The van der Waals surface area contributed by atoms with E-state index in [1.807, 2.05) is 6.92 Å². The van der Waals surface area contributed by atoms with Crippen LogP contribution in [0.5, 0.6) is 5.75 Å². The molecule has 0 saturated carbocycles. The number of carbonyl (C=O) groups excluding carboxylic acids is 3. The van der Waals surface area contributed by atoms with Crippen LogP contribution in [0.25, 0.3) is 0 Å². The Morgan fingerprint density at radius 2 is 1.91 bits per heavy atom. The SMILES string of the molecule is CC/N=C(\C)c1ccc(O)c2c1C[C@H]1CC3CC(O)=C(C(N)=O)C(=O)[C@@]3(O)C(O)=C1C2=O. The van der Waals surface area contributed by atoms with E-state index < -0.39 is 52.0 Å². The normalized spacial score (nSPS) is 27.8. The number of Topliss-reactive ketones (excluding diaryl/α,β-unsaturated/α-hetero) is 2. The number of aromatic hydroxyl groups is 1. The zero-order valence-electron chi connectivity index (χ0n) is 17.7. The van der Waals surface area contributed by atoms with Crippen molar-refractivity contribution in [1.29, 1.82) is 0 Å². The van der Waals surface area contributed by atoms with Gasteiger partial charge in [-0.2, -0.15) is 0 Å². The highest BCUT2D eigenvalue weighted by molar-refractivity contribution is 6.24. The molecule has 1 aromatic rings. The number of aliphatic hydroxyl groups excluding tert-OH is 2. The van der Waals surface area contributed by atoms with Crippen molar-refractivity contribution in [3.8, 4) is 5.75 Å². The number of hydrogen-bond donors (Lipinski definition) is 5. The van der Waals surface area contributed by atoms with Crippen LogP contribution < -0.4 is 5.73 Å². The molecule has 0 aromatic heterocycles. The molecule has 3 aliphatic rings. The molecule has 1 aromatic carbocycles.